The van der Waals surface area contributed by atoms with Gasteiger partial charge in [0, 0.05) is 0 Å². The highest BCUT2D eigenvalue weighted by molar-refractivity contribution is 5.47. The van der Waals surface area contributed by atoms with Crippen LogP contribution in [0.5, 0.6) is 0 Å². The van der Waals surface area contributed by atoms with Crippen LogP contribution >= 0.6 is 0 Å². The third-order valence-electron chi connectivity index (χ3n) is 3.26. The zero-order valence-electron chi connectivity index (χ0n) is 9.72. The average Bonchev–Trinajstić information content (AvgIpc) is 2.67. The predicted octanol–water partition coefficient (Wildman–Crippen LogP) is 2.48. The number of aromatic nitrogens is 2. The Hall–Kier alpha value is -1.90. The third kappa shape index (κ3) is 2.00. The van der Waals surface area contributed by atoms with Crippen LogP contribution in [-0.2, 0) is 0 Å². The fraction of sp³-hybridized carbons (Fsp3) is 0.636. The normalized spacial score (nSPS) is 16.7. The van der Waals surface area contributed by atoms with E-state index in [-0.39, 0.29) is 17.4 Å². The predicted molar refractivity (Wildman–Crippen MR) is 60.5 cm³/mol. The molecule has 0 saturated heterocycles. The first-order valence-electron chi connectivity index (χ1n) is 5.78. The number of nitriles is 1. The molecule has 0 spiro atoms. The van der Waals surface area contributed by atoms with Crippen molar-refractivity contribution in [3.63, 3.8) is 0 Å². The molecule has 1 saturated carbocycles. The molecule has 1 aromatic heterocycles. The smallest absolute Gasteiger partial charge is 0.258 e. The van der Waals surface area contributed by atoms with Crippen LogP contribution in [-0.4, -0.2) is 14.7 Å². The van der Waals surface area contributed by atoms with E-state index in [9.17, 15) is 10.1 Å². The SMILES string of the molecule is Cc1nn(C2CCCCC2)c(C#N)c1[N+](=O)[O-]. The molecule has 1 aliphatic carbocycles. The molecular formula is C11H14N4O2. The maximum atomic E-state index is 10.9. The van der Waals surface area contributed by atoms with Gasteiger partial charge in [-0.05, 0) is 19.8 Å². The lowest BCUT2D eigenvalue weighted by Crippen LogP contribution is -2.15. The Labute approximate surface area is 99.0 Å². The molecule has 1 fully saturated rings. The van der Waals surface area contributed by atoms with E-state index in [1.807, 2.05) is 6.07 Å². The Morgan fingerprint density at radius 3 is 2.65 bits per heavy atom. The standard InChI is InChI=1S/C11H14N4O2/c1-8-11(15(16)17)10(7-12)14(13-8)9-5-3-2-4-6-9/h9H,2-6H2,1H3. The Morgan fingerprint density at radius 1 is 1.47 bits per heavy atom. The lowest BCUT2D eigenvalue weighted by atomic mass is 9.95. The molecular weight excluding hydrogens is 220 g/mol. The summed E-state index contributed by atoms with van der Waals surface area (Å²) in [7, 11) is 0. The monoisotopic (exact) mass is 234 g/mol. The first-order chi connectivity index (χ1) is 8.15. The molecule has 0 N–H and O–H groups in total. The third-order valence-corrected chi connectivity index (χ3v) is 3.26. The number of nitrogens with zero attached hydrogens (tertiary/aromatic N) is 4. The van der Waals surface area contributed by atoms with Crippen molar-refractivity contribution in [1.82, 2.24) is 9.78 Å². The quantitative estimate of drug-likeness (QED) is 0.581. The van der Waals surface area contributed by atoms with E-state index in [0.29, 0.717) is 5.69 Å². The Bertz CT molecular complexity index is 480. The van der Waals surface area contributed by atoms with E-state index in [1.54, 1.807) is 11.6 Å². The molecule has 0 aromatic carbocycles. The molecule has 0 aliphatic heterocycles. The molecule has 1 aromatic rings. The highest BCUT2D eigenvalue weighted by atomic mass is 16.6. The molecule has 1 heterocycles. The van der Waals surface area contributed by atoms with Crippen LogP contribution in [0.4, 0.5) is 5.69 Å². The lowest BCUT2D eigenvalue weighted by Gasteiger charge is -2.22. The van der Waals surface area contributed by atoms with Crippen LogP contribution in [0, 0.1) is 28.4 Å². The van der Waals surface area contributed by atoms with Crippen LogP contribution in [0.3, 0.4) is 0 Å². The van der Waals surface area contributed by atoms with Crippen LogP contribution in [0.25, 0.3) is 0 Å². The molecule has 0 atom stereocenters. The minimum atomic E-state index is -0.514. The Balaban J connectivity index is 2.44. The molecule has 6 heteroatoms. The maximum absolute atomic E-state index is 10.9. The van der Waals surface area contributed by atoms with Gasteiger partial charge in [0.15, 0.2) is 0 Å². The minimum absolute atomic E-state index is 0.0967. The van der Waals surface area contributed by atoms with Crippen molar-refractivity contribution in [3.05, 3.63) is 21.5 Å². The van der Waals surface area contributed by atoms with Gasteiger partial charge in [-0.2, -0.15) is 10.4 Å². The largest absolute Gasteiger partial charge is 0.327 e. The number of hydrogen-bond donors (Lipinski definition) is 0. The van der Waals surface area contributed by atoms with E-state index >= 15 is 0 Å². The number of hydrogen-bond acceptors (Lipinski definition) is 4. The van der Waals surface area contributed by atoms with E-state index in [2.05, 4.69) is 5.10 Å². The lowest BCUT2D eigenvalue weighted by molar-refractivity contribution is -0.385. The molecule has 0 unspecified atom stereocenters. The van der Waals surface area contributed by atoms with Crippen molar-refractivity contribution >= 4 is 5.69 Å². The summed E-state index contributed by atoms with van der Waals surface area (Å²) in [6.45, 7) is 1.58. The Kier molecular flexibility index (Phi) is 3.09. The second-order valence-electron chi connectivity index (χ2n) is 4.39. The van der Waals surface area contributed by atoms with Gasteiger partial charge in [-0.1, -0.05) is 19.3 Å². The molecule has 17 heavy (non-hydrogen) atoms. The van der Waals surface area contributed by atoms with Gasteiger partial charge in [0.25, 0.3) is 0 Å². The molecule has 6 nitrogen and oxygen atoms in total. The second-order valence-corrected chi connectivity index (χ2v) is 4.39. The molecule has 0 radical (unpaired) electrons. The molecule has 90 valence electrons. The number of nitro groups is 1. The summed E-state index contributed by atoms with van der Waals surface area (Å²) in [6.07, 6.45) is 5.30. The summed E-state index contributed by atoms with van der Waals surface area (Å²) in [5.41, 5.74) is 0.287. The zero-order chi connectivity index (χ0) is 12.4. The van der Waals surface area contributed by atoms with Crippen LogP contribution in [0.2, 0.25) is 0 Å². The summed E-state index contributed by atoms with van der Waals surface area (Å²) in [6, 6.07) is 2.07. The summed E-state index contributed by atoms with van der Waals surface area (Å²) >= 11 is 0. The van der Waals surface area contributed by atoms with E-state index < -0.39 is 4.92 Å². The van der Waals surface area contributed by atoms with Crippen molar-refractivity contribution in [1.29, 1.82) is 5.26 Å². The fourth-order valence-corrected chi connectivity index (χ4v) is 2.45. The summed E-state index contributed by atoms with van der Waals surface area (Å²) in [5.74, 6) is 0. The van der Waals surface area contributed by atoms with Crippen molar-refractivity contribution < 1.29 is 4.92 Å². The number of aryl methyl sites for hydroxylation is 1. The summed E-state index contributed by atoms with van der Waals surface area (Å²) in [4.78, 5) is 10.4. The van der Waals surface area contributed by atoms with Crippen molar-refractivity contribution in [2.24, 2.45) is 0 Å². The van der Waals surface area contributed by atoms with Crippen molar-refractivity contribution in [2.45, 2.75) is 45.1 Å². The van der Waals surface area contributed by atoms with Crippen LogP contribution in [0.15, 0.2) is 0 Å². The topological polar surface area (TPSA) is 84.8 Å². The second kappa shape index (κ2) is 4.53. The zero-order valence-corrected chi connectivity index (χ0v) is 9.72. The Morgan fingerprint density at radius 2 is 2.12 bits per heavy atom. The van der Waals surface area contributed by atoms with Gasteiger partial charge < -0.3 is 0 Å². The van der Waals surface area contributed by atoms with Crippen LogP contribution in [0.1, 0.15) is 49.5 Å². The van der Waals surface area contributed by atoms with Crippen LogP contribution < -0.4 is 0 Å². The van der Waals surface area contributed by atoms with E-state index in [1.165, 1.54) is 6.42 Å². The molecule has 0 amide bonds. The first-order valence-corrected chi connectivity index (χ1v) is 5.78. The summed E-state index contributed by atoms with van der Waals surface area (Å²) in [5, 5.41) is 24.2. The van der Waals surface area contributed by atoms with Gasteiger partial charge in [-0.25, -0.2) is 4.68 Å². The van der Waals surface area contributed by atoms with Gasteiger partial charge in [0.1, 0.15) is 11.8 Å². The number of rotatable bonds is 2. The van der Waals surface area contributed by atoms with Gasteiger partial charge in [-0.3, -0.25) is 10.1 Å². The van der Waals surface area contributed by atoms with Crippen molar-refractivity contribution in [3.8, 4) is 6.07 Å². The average molecular weight is 234 g/mol. The fourth-order valence-electron chi connectivity index (χ4n) is 2.45. The molecule has 1 aliphatic rings. The van der Waals surface area contributed by atoms with E-state index in [0.717, 1.165) is 25.7 Å². The van der Waals surface area contributed by atoms with Crippen molar-refractivity contribution in [2.75, 3.05) is 0 Å². The van der Waals surface area contributed by atoms with Gasteiger partial charge in [0.2, 0.25) is 5.69 Å². The minimum Gasteiger partial charge on any atom is -0.258 e. The molecule has 2 rings (SSSR count). The summed E-state index contributed by atoms with van der Waals surface area (Å²) < 4.78 is 1.56. The molecule has 0 bridgehead atoms. The van der Waals surface area contributed by atoms with Gasteiger partial charge in [-0.15, -0.1) is 0 Å². The highest BCUT2D eigenvalue weighted by Gasteiger charge is 2.29. The first kappa shape index (κ1) is 11.6. The van der Waals surface area contributed by atoms with Gasteiger partial charge >= 0.3 is 5.69 Å². The highest BCUT2D eigenvalue weighted by Crippen LogP contribution is 2.32. The van der Waals surface area contributed by atoms with E-state index in [4.69, 9.17) is 5.26 Å². The maximum Gasteiger partial charge on any atom is 0.327 e. The van der Waals surface area contributed by atoms with Gasteiger partial charge in [0.05, 0.1) is 11.0 Å².